The second-order valence-electron chi connectivity index (χ2n) is 19.0. The number of rotatable bonds is 28. The van der Waals surface area contributed by atoms with Gasteiger partial charge in [-0.1, -0.05) is 60.7 Å². The molecule has 0 bridgehead atoms. The van der Waals surface area contributed by atoms with Crippen molar-refractivity contribution in [3.05, 3.63) is 71.8 Å². The first-order valence-electron chi connectivity index (χ1n) is 25.6. The first-order chi connectivity index (χ1) is 36.0. The van der Waals surface area contributed by atoms with Gasteiger partial charge >= 0.3 is 5.97 Å². The Labute approximate surface area is 436 Å². The van der Waals surface area contributed by atoms with Gasteiger partial charge in [-0.3, -0.25) is 48.3 Å². The molecule has 0 radical (unpaired) electrons. The summed E-state index contributed by atoms with van der Waals surface area (Å²) in [6.07, 6.45) is 4.19. The summed E-state index contributed by atoms with van der Waals surface area (Å²) in [6.45, 7) is -0.0540. The summed E-state index contributed by atoms with van der Waals surface area (Å²) in [5, 5.41) is 34.3. The highest BCUT2D eigenvalue weighted by molar-refractivity contribution is 5.97. The summed E-state index contributed by atoms with van der Waals surface area (Å²) in [5.74, 6) is -5.41. The van der Waals surface area contributed by atoms with Gasteiger partial charge in [0.25, 0.3) is 0 Å². The highest BCUT2D eigenvalue weighted by Gasteiger charge is 2.43. The first kappa shape index (κ1) is 58.5. The van der Waals surface area contributed by atoms with E-state index >= 15 is 0 Å². The van der Waals surface area contributed by atoms with Gasteiger partial charge in [-0.15, -0.1) is 0 Å². The number of likely N-dealkylation sites (tertiary alicyclic amines) is 3. The monoisotopic (exact) mass is 1050 g/mol. The van der Waals surface area contributed by atoms with E-state index < -0.39 is 97.0 Å². The highest BCUT2D eigenvalue weighted by atomic mass is 16.4. The van der Waals surface area contributed by atoms with Crippen molar-refractivity contribution in [1.29, 1.82) is 0 Å². The molecular weight excluding hydrogens is 971 g/mol. The fourth-order valence-electron chi connectivity index (χ4n) is 9.66. The van der Waals surface area contributed by atoms with Crippen molar-refractivity contribution in [3.8, 4) is 0 Å². The van der Waals surface area contributed by atoms with E-state index in [9.17, 15) is 48.6 Å². The number of aliphatic imine (C=N–C) groups is 2. The number of carbonyl (C=O) groups is 8. The van der Waals surface area contributed by atoms with Crippen molar-refractivity contribution in [2.75, 3.05) is 52.4 Å². The lowest BCUT2D eigenvalue weighted by atomic mass is 10.0. The van der Waals surface area contributed by atoms with E-state index in [1.54, 1.807) is 30.3 Å². The average Bonchev–Trinajstić information content (AvgIpc) is 4.20. The zero-order valence-corrected chi connectivity index (χ0v) is 42.3. The Balaban J connectivity index is 1.19. The Morgan fingerprint density at radius 3 is 1.73 bits per heavy atom. The molecule has 3 aliphatic rings. The zero-order chi connectivity index (χ0) is 54.4. The Morgan fingerprint density at radius 2 is 1.16 bits per heavy atom. The number of aliphatic hydroxyl groups is 1. The number of guanidine groups is 2. The van der Waals surface area contributed by atoms with Crippen LogP contribution >= 0.6 is 0 Å². The minimum atomic E-state index is -1.51. The molecule has 0 aliphatic carbocycles. The first-order valence-corrected chi connectivity index (χ1v) is 25.6. The van der Waals surface area contributed by atoms with Gasteiger partial charge in [0.1, 0.15) is 36.3 Å². The van der Waals surface area contributed by atoms with E-state index in [4.69, 9.17) is 28.7 Å². The van der Waals surface area contributed by atoms with Crippen LogP contribution in [0.3, 0.4) is 0 Å². The predicted molar refractivity (Wildman–Crippen MR) is 278 cm³/mol. The van der Waals surface area contributed by atoms with Crippen molar-refractivity contribution >= 4 is 59.2 Å². The minimum absolute atomic E-state index is 0.0370. The second kappa shape index (κ2) is 29.5. The molecule has 0 unspecified atom stereocenters. The number of nitrogens with two attached hydrogens (primary N) is 5. The average molecular weight is 1050 g/mol. The zero-order valence-electron chi connectivity index (χ0n) is 42.3. The third-order valence-electron chi connectivity index (χ3n) is 13.5. The molecule has 2 aromatic carbocycles. The number of aliphatic hydroxyl groups excluding tert-OH is 1. The van der Waals surface area contributed by atoms with E-state index in [-0.39, 0.29) is 69.2 Å². The molecule has 3 aliphatic heterocycles. The topological polar surface area (TPSA) is 402 Å². The quantitative estimate of drug-likeness (QED) is 0.0223. The molecule has 0 spiro atoms. The van der Waals surface area contributed by atoms with Crippen LogP contribution < -0.4 is 55.3 Å². The molecule has 75 heavy (non-hydrogen) atoms. The molecule has 3 saturated heterocycles. The molecule has 410 valence electrons. The van der Waals surface area contributed by atoms with Crippen molar-refractivity contribution < 1.29 is 48.6 Å². The van der Waals surface area contributed by atoms with Gasteiger partial charge in [0.15, 0.2) is 11.9 Å². The fraction of sp³-hybridized carbons (Fsp3) is 0.560. The van der Waals surface area contributed by atoms with E-state index in [2.05, 4.69) is 36.6 Å². The van der Waals surface area contributed by atoms with Crippen LogP contribution in [0.4, 0.5) is 0 Å². The van der Waals surface area contributed by atoms with Crippen LogP contribution in [0.1, 0.15) is 75.3 Å². The number of aliphatic carboxylic acids is 1. The maximum absolute atomic E-state index is 14.1. The molecule has 25 nitrogen and oxygen atoms in total. The summed E-state index contributed by atoms with van der Waals surface area (Å²) in [7, 11) is 0. The van der Waals surface area contributed by atoms with E-state index in [1.165, 1.54) is 14.7 Å². The summed E-state index contributed by atoms with van der Waals surface area (Å²) in [4.78, 5) is 121. The van der Waals surface area contributed by atoms with E-state index in [0.29, 0.717) is 76.4 Å². The molecule has 3 fully saturated rings. The van der Waals surface area contributed by atoms with Crippen molar-refractivity contribution in [3.63, 3.8) is 0 Å². The maximum atomic E-state index is 14.1. The van der Waals surface area contributed by atoms with Gasteiger partial charge in [-0.2, -0.15) is 0 Å². The van der Waals surface area contributed by atoms with Gasteiger partial charge in [0, 0.05) is 51.7 Å². The number of amides is 7. The fourth-order valence-corrected chi connectivity index (χ4v) is 9.66. The van der Waals surface area contributed by atoms with Gasteiger partial charge in [-0.25, -0.2) is 0 Å². The second-order valence-corrected chi connectivity index (χ2v) is 19.0. The van der Waals surface area contributed by atoms with Crippen LogP contribution in [0.2, 0.25) is 0 Å². The maximum Gasteiger partial charge on any atom is 0.320 e. The molecule has 3 heterocycles. The normalized spacial score (nSPS) is 19.2. The molecule has 0 saturated carbocycles. The summed E-state index contributed by atoms with van der Waals surface area (Å²) in [5.41, 5.74) is 29.3. The lowest BCUT2D eigenvalue weighted by Crippen LogP contribution is -2.59. The number of carboxylic acids is 1. The number of hydrogen-bond donors (Lipinski definition) is 12. The van der Waals surface area contributed by atoms with Gasteiger partial charge < -0.3 is 80.2 Å². The number of nitrogens with zero attached hydrogens (tertiary/aromatic N) is 5. The summed E-state index contributed by atoms with van der Waals surface area (Å²) >= 11 is 0. The SMILES string of the molecule is NC(N)=NCCC[C@H](NC[C@H](Cc1ccccc1)NC(=O)[C@@H]1CCCN1C(=O)[C@H](CO)NC(=O)[C@H](Cc1ccccc1)NC(=O)CNC(=O)[C@@H]1CCCN1C(=O)[C@@H]1CCCN1C(=O)[C@@H](N)CCCN=C(N)N)C(=O)O. The van der Waals surface area contributed by atoms with Crippen LogP contribution in [0.5, 0.6) is 0 Å². The van der Waals surface area contributed by atoms with Crippen LogP contribution in [0.15, 0.2) is 70.6 Å². The van der Waals surface area contributed by atoms with Gasteiger partial charge in [-0.05, 0) is 81.8 Å². The number of carboxylic acid groups (broad SMARTS) is 1. The summed E-state index contributed by atoms with van der Waals surface area (Å²) in [6, 6.07) is 10.1. The van der Waals surface area contributed by atoms with Crippen LogP contribution in [-0.2, 0) is 51.2 Å². The lowest BCUT2D eigenvalue weighted by molar-refractivity contribution is -0.147. The van der Waals surface area contributed by atoms with Crippen LogP contribution in [0.25, 0.3) is 0 Å². The van der Waals surface area contributed by atoms with E-state index in [0.717, 1.165) is 5.56 Å². The summed E-state index contributed by atoms with van der Waals surface area (Å²) < 4.78 is 0. The standard InChI is InChI=1S/C50H75N15O10/c51-34(16-7-21-56-49(52)53)45(71)65-25-11-20-40(65)47(73)64-24-9-18-38(64)43(69)59-29-41(67)61-36(27-32-14-5-2-6-15-32)42(68)62-37(30-66)46(72)63-23-10-19-39(63)44(70)60-33(26-31-12-3-1-4-13-31)28-58-35(48(74)75)17-8-22-57-50(54)55/h1-6,12-15,33-40,58,66H,7-11,16-30,51H2,(H,59,69)(H,60,70)(H,61,67)(H,62,68)(H,74,75)(H4,52,53,56)(H4,54,55,57)/t33-,34-,35-,36-,37-,38-,39-,40-/m0/s1. The van der Waals surface area contributed by atoms with Gasteiger partial charge in [0.2, 0.25) is 41.4 Å². The molecule has 17 N–H and O–H groups in total. The van der Waals surface area contributed by atoms with Crippen LogP contribution in [0, 0.1) is 0 Å². The molecule has 25 heteroatoms. The molecule has 8 atom stereocenters. The molecule has 0 aromatic heterocycles. The largest absolute Gasteiger partial charge is 0.480 e. The predicted octanol–water partition coefficient (Wildman–Crippen LogP) is -3.52. The number of carbonyl (C=O) groups excluding carboxylic acids is 7. The lowest BCUT2D eigenvalue weighted by Gasteiger charge is -2.32. The van der Waals surface area contributed by atoms with Crippen molar-refractivity contribution in [2.24, 2.45) is 38.7 Å². The smallest absolute Gasteiger partial charge is 0.320 e. The third-order valence-corrected chi connectivity index (χ3v) is 13.5. The van der Waals surface area contributed by atoms with Crippen LogP contribution in [-0.4, -0.2) is 185 Å². The van der Waals surface area contributed by atoms with E-state index in [1.807, 2.05) is 30.3 Å². The Kier molecular flexibility index (Phi) is 23.0. The van der Waals surface area contributed by atoms with Gasteiger partial charge in [0.05, 0.1) is 19.2 Å². The van der Waals surface area contributed by atoms with Crippen molar-refractivity contribution in [2.45, 2.75) is 125 Å². The van der Waals surface area contributed by atoms with Crippen molar-refractivity contribution in [1.82, 2.24) is 41.3 Å². The minimum Gasteiger partial charge on any atom is -0.480 e. The molecule has 5 rings (SSSR count). The number of benzene rings is 2. The molecule has 7 amide bonds. The molecule has 2 aromatic rings. The highest BCUT2D eigenvalue weighted by Crippen LogP contribution is 2.26. The Bertz CT molecular complexity index is 2320. The Hall–Kier alpha value is -7.38. The Morgan fingerprint density at radius 1 is 0.627 bits per heavy atom. The number of hydrogen-bond acceptors (Lipinski definition) is 13. The third kappa shape index (κ3) is 17.9. The number of nitrogens with one attached hydrogen (secondary N) is 5. The molecular formula is C50H75N15O10.